The fourth-order valence-corrected chi connectivity index (χ4v) is 3.80. The van der Waals surface area contributed by atoms with Crippen molar-refractivity contribution in [3.05, 3.63) is 45.8 Å². The predicted molar refractivity (Wildman–Crippen MR) is 78.9 cm³/mol. The van der Waals surface area contributed by atoms with E-state index in [4.69, 9.17) is 4.52 Å². The van der Waals surface area contributed by atoms with Gasteiger partial charge in [0.15, 0.2) is 5.76 Å². The van der Waals surface area contributed by atoms with Gasteiger partial charge in [-0.1, -0.05) is 33.2 Å². The van der Waals surface area contributed by atoms with Gasteiger partial charge in [0.05, 0.1) is 0 Å². The van der Waals surface area contributed by atoms with Gasteiger partial charge in [0.25, 0.3) is 0 Å². The highest BCUT2D eigenvalue weighted by atomic mass is 79.9. The van der Waals surface area contributed by atoms with Gasteiger partial charge in [-0.15, -0.1) is 0 Å². The van der Waals surface area contributed by atoms with Gasteiger partial charge < -0.3 is 4.52 Å². The molecule has 0 bridgehead atoms. The second kappa shape index (κ2) is 5.67. The van der Waals surface area contributed by atoms with Gasteiger partial charge >= 0.3 is 0 Å². The molecule has 0 unspecified atom stereocenters. The molecule has 5 nitrogen and oxygen atoms in total. The van der Waals surface area contributed by atoms with E-state index in [0.29, 0.717) is 5.69 Å². The van der Waals surface area contributed by atoms with Crippen LogP contribution in [0.1, 0.15) is 30.0 Å². The summed E-state index contributed by atoms with van der Waals surface area (Å²) >= 11 is 3.35. The molecule has 0 saturated carbocycles. The minimum absolute atomic E-state index is 0.112. The van der Waals surface area contributed by atoms with Crippen molar-refractivity contribution in [1.82, 2.24) is 9.88 Å². The molecule has 0 saturated heterocycles. The van der Waals surface area contributed by atoms with Crippen molar-refractivity contribution in [3.63, 3.8) is 0 Å². The predicted octanol–water partition coefficient (Wildman–Crippen LogP) is 3.09. The molecular weight excluding hydrogens is 344 g/mol. The van der Waals surface area contributed by atoms with Crippen LogP contribution in [0.4, 0.5) is 0 Å². The monoisotopic (exact) mass is 358 g/mol. The van der Waals surface area contributed by atoms with E-state index in [1.807, 2.05) is 24.3 Å². The van der Waals surface area contributed by atoms with Crippen molar-refractivity contribution in [2.75, 3.05) is 0 Å². The number of nitrogens with zero attached hydrogens (tertiary/aromatic N) is 1. The summed E-state index contributed by atoms with van der Waals surface area (Å²) in [6, 6.07) is 7.13. The lowest BCUT2D eigenvalue weighted by molar-refractivity contribution is 0.390. The quantitative estimate of drug-likeness (QED) is 0.911. The summed E-state index contributed by atoms with van der Waals surface area (Å²) in [6.07, 6.45) is 0. The topological polar surface area (TPSA) is 72.2 Å². The first kappa shape index (κ1) is 15.2. The maximum Gasteiger partial charge on any atom is 0.246 e. The summed E-state index contributed by atoms with van der Waals surface area (Å²) in [6.45, 7) is 4.98. The van der Waals surface area contributed by atoms with Gasteiger partial charge in [-0.05, 0) is 38.5 Å². The molecule has 1 aromatic carbocycles. The van der Waals surface area contributed by atoms with Crippen LogP contribution in [0.15, 0.2) is 38.2 Å². The third kappa shape index (κ3) is 3.11. The third-order valence-corrected chi connectivity index (χ3v) is 5.25. The molecule has 0 radical (unpaired) electrons. The molecule has 7 heteroatoms. The summed E-state index contributed by atoms with van der Waals surface area (Å²) in [5.74, 6) is 0.290. The Labute approximate surface area is 126 Å². The fraction of sp³-hybridized carbons (Fsp3) is 0.308. The molecule has 1 N–H and O–H groups in total. The molecule has 0 fully saturated rings. The first-order chi connectivity index (χ1) is 9.31. The minimum Gasteiger partial charge on any atom is -0.360 e. The Morgan fingerprint density at radius 3 is 2.35 bits per heavy atom. The van der Waals surface area contributed by atoms with Crippen LogP contribution in [-0.2, 0) is 10.0 Å². The van der Waals surface area contributed by atoms with E-state index >= 15 is 0 Å². The molecule has 1 atom stereocenters. The Bertz CT molecular complexity index is 688. The molecule has 2 rings (SSSR count). The van der Waals surface area contributed by atoms with Crippen LogP contribution in [-0.4, -0.2) is 13.6 Å². The smallest absolute Gasteiger partial charge is 0.246 e. The molecule has 2 aromatic rings. The Balaban J connectivity index is 2.27. The van der Waals surface area contributed by atoms with Crippen molar-refractivity contribution >= 4 is 26.0 Å². The zero-order chi connectivity index (χ0) is 14.9. The molecule has 0 spiro atoms. The SMILES string of the molecule is Cc1noc(C)c1S(=O)(=O)N[C@H](C)c1ccc(Br)cc1. The van der Waals surface area contributed by atoms with Crippen molar-refractivity contribution < 1.29 is 12.9 Å². The maximum atomic E-state index is 12.4. The number of hydrogen-bond donors (Lipinski definition) is 1. The number of halogens is 1. The highest BCUT2D eigenvalue weighted by molar-refractivity contribution is 9.10. The zero-order valence-corrected chi connectivity index (χ0v) is 13.7. The van der Waals surface area contributed by atoms with Crippen LogP contribution in [0.3, 0.4) is 0 Å². The number of nitrogens with one attached hydrogen (secondary N) is 1. The van der Waals surface area contributed by atoms with E-state index in [9.17, 15) is 8.42 Å². The van der Waals surface area contributed by atoms with Crippen LogP contribution < -0.4 is 4.72 Å². The highest BCUT2D eigenvalue weighted by Gasteiger charge is 2.26. The first-order valence-electron chi connectivity index (χ1n) is 6.02. The third-order valence-electron chi connectivity index (χ3n) is 2.94. The summed E-state index contributed by atoms with van der Waals surface area (Å²) in [5.41, 5.74) is 1.24. The van der Waals surface area contributed by atoms with Gasteiger partial charge in [0.1, 0.15) is 10.6 Å². The second-order valence-corrected chi connectivity index (χ2v) is 7.11. The average molecular weight is 359 g/mol. The fourth-order valence-electron chi connectivity index (χ4n) is 1.97. The second-order valence-electron chi connectivity index (χ2n) is 4.55. The average Bonchev–Trinajstić information content (AvgIpc) is 2.69. The number of benzene rings is 1. The lowest BCUT2D eigenvalue weighted by Gasteiger charge is -2.14. The van der Waals surface area contributed by atoms with Crippen LogP contribution in [0.2, 0.25) is 0 Å². The van der Waals surface area contributed by atoms with Gasteiger partial charge in [0.2, 0.25) is 10.0 Å². The van der Waals surface area contributed by atoms with Crippen molar-refractivity contribution in [1.29, 1.82) is 0 Å². The molecule has 0 aliphatic heterocycles. The lowest BCUT2D eigenvalue weighted by Crippen LogP contribution is -2.27. The molecule has 0 amide bonds. The van der Waals surface area contributed by atoms with Gasteiger partial charge in [-0.2, -0.15) is 0 Å². The number of hydrogen-bond acceptors (Lipinski definition) is 4. The normalized spacial score (nSPS) is 13.4. The van der Waals surface area contributed by atoms with Crippen LogP contribution in [0.25, 0.3) is 0 Å². The minimum atomic E-state index is -3.65. The Morgan fingerprint density at radius 1 is 1.25 bits per heavy atom. The molecule has 1 aromatic heterocycles. The van der Waals surface area contributed by atoms with E-state index in [1.165, 1.54) is 0 Å². The molecular formula is C13H15BrN2O3S. The Hall–Kier alpha value is -1.18. The van der Waals surface area contributed by atoms with E-state index in [0.717, 1.165) is 10.0 Å². The van der Waals surface area contributed by atoms with E-state index in [2.05, 4.69) is 25.8 Å². The number of rotatable bonds is 4. The van der Waals surface area contributed by atoms with Gasteiger partial charge in [-0.3, -0.25) is 0 Å². The Morgan fingerprint density at radius 2 is 1.85 bits per heavy atom. The van der Waals surface area contributed by atoms with Crippen molar-refractivity contribution in [2.45, 2.75) is 31.7 Å². The molecule has 0 aliphatic rings. The number of sulfonamides is 1. The molecule has 20 heavy (non-hydrogen) atoms. The first-order valence-corrected chi connectivity index (χ1v) is 8.29. The van der Waals surface area contributed by atoms with Crippen LogP contribution in [0, 0.1) is 13.8 Å². The molecule has 0 aliphatic carbocycles. The summed E-state index contributed by atoms with van der Waals surface area (Å²) in [4.78, 5) is 0.112. The molecule has 1 heterocycles. The largest absolute Gasteiger partial charge is 0.360 e. The zero-order valence-electron chi connectivity index (χ0n) is 11.3. The number of aromatic nitrogens is 1. The van der Waals surface area contributed by atoms with Crippen LogP contribution >= 0.6 is 15.9 Å². The summed E-state index contributed by atoms with van der Waals surface area (Å²) in [7, 11) is -3.65. The standard InChI is InChI=1S/C13H15BrN2O3S/c1-8(11-4-6-12(14)7-5-11)16-20(17,18)13-9(2)15-19-10(13)3/h4-8,16H,1-3H3/t8-/m1/s1. The summed E-state index contributed by atoms with van der Waals surface area (Å²) in [5, 5.41) is 3.67. The van der Waals surface area contributed by atoms with Crippen molar-refractivity contribution in [3.8, 4) is 0 Å². The van der Waals surface area contributed by atoms with E-state index in [1.54, 1.807) is 20.8 Å². The number of aryl methyl sites for hydroxylation is 2. The molecule has 108 valence electrons. The van der Waals surface area contributed by atoms with E-state index < -0.39 is 10.0 Å². The van der Waals surface area contributed by atoms with Gasteiger partial charge in [0, 0.05) is 10.5 Å². The van der Waals surface area contributed by atoms with E-state index in [-0.39, 0.29) is 16.7 Å². The highest BCUT2D eigenvalue weighted by Crippen LogP contribution is 2.22. The summed E-state index contributed by atoms with van der Waals surface area (Å²) < 4.78 is 33.2. The van der Waals surface area contributed by atoms with Crippen molar-refractivity contribution in [2.24, 2.45) is 0 Å². The maximum absolute atomic E-state index is 12.4. The lowest BCUT2D eigenvalue weighted by atomic mass is 10.1. The Kier molecular flexibility index (Phi) is 4.31. The van der Waals surface area contributed by atoms with Crippen LogP contribution in [0.5, 0.6) is 0 Å². The van der Waals surface area contributed by atoms with Gasteiger partial charge in [-0.25, -0.2) is 13.1 Å².